The van der Waals surface area contributed by atoms with Crippen LogP contribution in [-0.2, 0) is 9.84 Å². The van der Waals surface area contributed by atoms with E-state index in [1.54, 1.807) is 20.8 Å². The second-order valence-corrected chi connectivity index (χ2v) is 7.14. The molecular weight excluding hydrogens is 283 g/mol. The van der Waals surface area contributed by atoms with Crippen molar-refractivity contribution in [2.24, 2.45) is 5.73 Å². The van der Waals surface area contributed by atoms with Crippen molar-refractivity contribution in [3.05, 3.63) is 29.1 Å². The minimum Gasteiger partial charge on any atom is -0.381 e. The highest BCUT2D eigenvalue weighted by Crippen LogP contribution is 2.21. The summed E-state index contributed by atoms with van der Waals surface area (Å²) >= 11 is 0. The third-order valence-corrected chi connectivity index (χ3v) is 4.86. The van der Waals surface area contributed by atoms with Crippen LogP contribution in [0.3, 0.4) is 0 Å². The molecule has 0 saturated carbocycles. The number of sulfone groups is 1. The maximum Gasteiger partial charge on any atom is 0.248 e. The zero-order valence-corrected chi connectivity index (χ0v) is 12.6. The zero-order chi connectivity index (χ0) is 15.5. The Morgan fingerprint density at radius 1 is 1.45 bits per heavy atom. The van der Waals surface area contributed by atoms with Crippen LogP contribution in [0, 0.1) is 12.7 Å². The Kier molecular flexibility index (Phi) is 5.10. The molecule has 0 bridgehead atoms. The maximum absolute atomic E-state index is 13.7. The average molecular weight is 302 g/mol. The summed E-state index contributed by atoms with van der Waals surface area (Å²) in [4.78, 5) is 11.1. The largest absolute Gasteiger partial charge is 0.381 e. The van der Waals surface area contributed by atoms with E-state index in [0.29, 0.717) is 11.3 Å². The summed E-state index contributed by atoms with van der Waals surface area (Å²) in [6.45, 7) is 4.80. The van der Waals surface area contributed by atoms with Crippen LogP contribution in [0.25, 0.3) is 0 Å². The van der Waals surface area contributed by atoms with E-state index in [1.165, 1.54) is 6.07 Å². The number of benzene rings is 1. The van der Waals surface area contributed by atoms with Crippen LogP contribution in [-0.4, -0.2) is 31.9 Å². The molecule has 0 radical (unpaired) electrons. The Balaban J connectivity index is 3.00. The second kappa shape index (κ2) is 6.21. The van der Waals surface area contributed by atoms with Gasteiger partial charge in [0.05, 0.1) is 5.75 Å². The zero-order valence-electron chi connectivity index (χ0n) is 11.7. The predicted molar refractivity (Wildman–Crippen MR) is 77.1 cm³/mol. The number of primary amides is 1. The van der Waals surface area contributed by atoms with E-state index in [1.807, 2.05) is 0 Å². The molecule has 20 heavy (non-hydrogen) atoms. The first-order chi connectivity index (χ1) is 9.16. The smallest absolute Gasteiger partial charge is 0.248 e. The number of rotatable bonds is 6. The molecule has 3 N–H and O–H groups in total. The van der Waals surface area contributed by atoms with Gasteiger partial charge in [-0.25, -0.2) is 12.8 Å². The van der Waals surface area contributed by atoms with Crippen LogP contribution in [0.1, 0.15) is 29.8 Å². The Morgan fingerprint density at radius 2 is 2.05 bits per heavy atom. The van der Waals surface area contributed by atoms with Crippen molar-refractivity contribution in [2.45, 2.75) is 26.8 Å². The Hall–Kier alpha value is -1.63. The first kappa shape index (κ1) is 16.4. The van der Waals surface area contributed by atoms with Gasteiger partial charge in [-0.05, 0) is 26.0 Å². The molecule has 112 valence electrons. The van der Waals surface area contributed by atoms with Crippen molar-refractivity contribution in [2.75, 3.05) is 16.8 Å². The van der Waals surface area contributed by atoms with Crippen molar-refractivity contribution in [1.29, 1.82) is 0 Å². The molecule has 0 saturated heterocycles. The minimum absolute atomic E-state index is 0.0427. The molecule has 1 rings (SSSR count). The van der Waals surface area contributed by atoms with Gasteiger partial charge in [0.2, 0.25) is 5.91 Å². The van der Waals surface area contributed by atoms with Gasteiger partial charge < -0.3 is 11.1 Å². The van der Waals surface area contributed by atoms with Gasteiger partial charge in [0.15, 0.2) is 9.84 Å². The SMILES string of the molecule is CCS(=O)(=O)CC(C)Nc1cc(C(N)=O)cc(F)c1C. The fourth-order valence-corrected chi connectivity index (χ4v) is 2.86. The second-order valence-electron chi connectivity index (χ2n) is 4.74. The van der Waals surface area contributed by atoms with E-state index in [9.17, 15) is 17.6 Å². The number of carbonyl (C=O) groups excluding carboxylic acids is 1. The van der Waals surface area contributed by atoms with E-state index in [4.69, 9.17) is 5.73 Å². The molecule has 1 aromatic rings. The molecule has 1 aromatic carbocycles. The summed E-state index contributed by atoms with van der Waals surface area (Å²) < 4.78 is 36.8. The number of nitrogens with two attached hydrogens (primary N) is 1. The van der Waals surface area contributed by atoms with Gasteiger partial charge >= 0.3 is 0 Å². The number of hydrogen-bond acceptors (Lipinski definition) is 4. The summed E-state index contributed by atoms with van der Waals surface area (Å²) in [5.74, 6) is -1.31. The Labute approximate surface area is 118 Å². The number of halogens is 1. The summed E-state index contributed by atoms with van der Waals surface area (Å²) in [6.07, 6.45) is 0. The third-order valence-electron chi connectivity index (χ3n) is 2.97. The molecule has 1 atom stereocenters. The first-order valence-corrected chi connectivity index (χ1v) is 8.05. The number of amides is 1. The van der Waals surface area contributed by atoms with Gasteiger partial charge in [-0.3, -0.25) is 4.79 Å². The third kappa shape index (κ3) is 4.19. The lowest BCUT2D eigenvalue weighted by Crippen LogP contribution is -2.27. The van der Waals surface area contributed by atoms with Gasteiger partial charge in [-0.1, -0.05) is 6.92 Å². The predicted octanol–water partition coefficient (Wildman–Crippen LogP) is 1.47. The van der Waals surface area contributed by atoms with Crippen LogP contribution < -0.4 is 11.1 Å². The molecule has 0 aliphatic carbocycles. The summed E-state index contributed by atoms with van der Waals surface area (Å²) in [7, 11) is -3.14. The van der Waals surface area contributed by atoms with Crippen molar-refractivity contribution in [1.82, 2.24) is 0 Å². The first-order valence-electron chi connectivity index (χ1n) is 6.23. The van der Waals surface area contributed by atoms with Crippen LogP contribution in [0.4, 0.5) is 10.1 Å². The summed E-state index contributed by atoms with van der Waals surface area (Å²) in [5.41, 5.74) is 5.86. The lowest BCUT2D eigenvalue weighted by molar-refractivity contribution is 0.1000. The number of nitrogens with one attached hydrogen (secondary N) is 1. The molecule has 0 fully saturated rings. The molecule has 7 heteroatoms. The Morgan fingerprint density at radius 3 is 2.55 bits per heavy atom. The van der Waals surface area contributed by atoms with Gasteiger partial charge in [-0.2, -0.15) is 0 Å². The molecule has 0 aliphatic rings. The van der Waals surface area contributed by atoms with E-state index in [0.717, 1.165) is 6.07 Å². The molecular formula is C13H19FN2O3S. The molecule has 1 unspecified atom stereocenters. The highest BCUT2D eigenvalue weighted by molar-refractivity contribution is 7.91. The lowest BCUT2D eigenvalue weighted by Gasteiger charge is -2.17. The van der Waals surface area contributed by atoms with Crippen molar-refractivity contribution in [3.63, 3.8) is 0 Å². The highest BCUT2D eigenvalue weighted by Gasteiger charge is 2.16. The van der Waals surface area contributed by atoms with E-state index in [-0.39, 0.29) is 17.1 Å². The fraction of sp³-hybridized carbons (Fsp3) is 0.462. The number of carbonyl (C=O) groups is 1. The van der Waals surface area contributed by atoms with Gasteiger partial charge in [0, 0.05) is 28.6 Å². The van der Waals surface area contributed by atoms with E-state index >= 15 is 0 Å². The van der Waals surface area contributed by atoms with Crippen LogP contribution >= 0.6 is 0 Å². The monoisotopic (exact) mass is 302 g/mol. The minimum atomic E-state index is -3.14. The van der Waals surface area contributed by atoms with Crippen LogP contribution in [0.15, 0.2) is 12.1 Å². The molecule has 5 nitrogen and oxygen atoms in total. The molecule has 0 aromatic heterocycles. The molecule has 0 aliphatic heterocycles. The van der Waals surface area contributed by atoms with Crippen LogP contribution in [0.5, 0.6) is 0 Å². The lowest BCUT2D eigenvalue weighted by atomic mass is 10.1. The van der Waals surface area contributed by atoms with Crippen LogP contribution in [0.2, 0.25) is 0 Å². The number of hydrogen-bond donors (Lipinski definition) is 2. The molecule has 1 amide bonds. The van der Waals surface area contributed by atoms with Gasteiger partial charge in [0.1, 0.15) is 5.82 Å². The topological polar surface area (TPSA) is 89.3 Å². The van der Waals surface area contributed by atoms with Gasteiger partial charge in [0.25, 0.3) is 0 Å². The van der Waals surface area contributed by atoms with Crippen molar-refractivity contribution in [3.8, 4) is 0 Å². The fourth-order valence-electron chi connectivity index (χ4n) is 1.78. The van der Waals surface area contributed by atoms with Crippen molar-refractivity contribution < 1.29 is 17.6 Å². The number of anilines is 1. The summed E-state index contributed by atoms with van der Waals surface area (Å²) in [5, 5.41) is 2.91. The average Bonchev–Trinajstić information content (AvgIpc) is 2.33. The highest BCUT2D eigenvalue weighted by atomic mass is 32.2. The molecule has 0 heterocycles. The van der Waals surface area contributed by atoms with E-state index in [2.05, 4.69) is 5.32 Å². The van der Waals surface area contributed by atoms with E-state index < -0.39 is 27.6 Å². The standard InChI is InChI=1S/C13H19FN2O3S/c1-4-20(18,19)7-8(2)16-12-6-10(13(15)17)5-11(14)9(12)3/h5-6,8,16H,4,7H2,1-3H3,(H2,15,17). The summed E-state index contributed by atoms with van der Waals surface area (Å²) in [6, 6.07) is 2.09. The normalized spacial score (nSPS) is 13.0. The maximum atomic E-state index is 13.7. The van der Waals surface area contributed by atoms with Crippen molar-refractivity contribution >= 4 is 21.4 Å². The van der Waals surface area contributed by atoms with Gasteiger partial charge in [-0.15, -0.1) is 0 Å². The quantitative estimate of drug-likeness (QED) is 0.832. The molecule has 0 spiro atoms. The Bertz CT molecular complexity index is 614.